The lowest BCUT2D eigenvalue weighted by Gasteiger charge is -2.31. The summed E-state index contributed by atoms with van der Waals surface area (Å²) in [6.07, 6.45) is 8.88. The van der Waals surface area contributed by atoms with E-state index in [0.717, 1.165) is 36.4 Å². The standard InChI is InChI=1S/C30H36N2O5/c1-35-26-16-19(17-27(36-2)29(26)37-3)4-11-28(33)32-14-12-21(13-15-32)20-7-9-23(10-8-20)31-30(34)25-18-24(25)22-5-6-22/h4,7-11,16-17,21-22,24-25H,5-6,12-15,18H2,1-3H3,(H,31,34)/b11-4+. The van der Waals surface area contributed by atoms with Crippen LogP contribution in [0.15, 0.2) is 42.5 Å². The van der Waals surface area contributed by atoms with E-state index in [-0.39, 0.29) is 17.7 Å². The van der Waals surface area contributed by atoms with E-state index < -0.39 is 0 Å². The van der Waals surface area contributed by atoms with Gasteiger partial charge < -0.3 is 24.4 Å². The van der Waals surface area contributed by atoms with Crippen LogP contribution in [0.2, 0.25) is 0 Å². The summed E-state index contributed by atoms with van der Waals surface area (Å²) in [7, 11) is 4.71. The number of carbonyl (C=O) groups excluding carboxylic acids is 2. The van der Waals surface area contributed by atoms with Crippen LogP contribution >= 0.6 is 0 Å². The largest absolute Gasteiger partial charge is 0.493 e. The molecule has 3 fully saturated rings. The van der Waals surface area contributed by atoms with Gasteiger partial charge in [0.05, 0.1) is 21.3 Å². The molecule has 1 N–H and O–H groups in total. The highest BCUT2D eigenvalue weighted by Gasteiger charge is 2.51. The van der Waals surface area contributed by atoms with E-state index in [1.807, 2.05) is 29.2 Å². The van der Waals surface area contributed by atoms with Crippen molar-refractivity contribution in [3.63, 3.8) is 0 Å². The Morgan fingerprint density at radius 3 is 2.14 bits per heavy atom. The minimum Gasteiger partial charge on any atom is -0.493 e. The van der Waals surface area contributed by atoms with Crippen LogP contribution in [-0.4, -0.2) is 51.1 Å². The van der Waals surface area contributed by atoms with Gasteiger partial charge in [-0.1, -0.05) is 12.1 Å². The fourth-order valence-electron chi connectivity index (χ4n) is 5.54. The van der Waals surface area contributed by atoms with Gasteiger partial charge in [-0.15, -0.1) is 0 Å². The second-order valence-electron chi connectivity index (χ2n) is 10.3. The number of anilines is 1. The van der Waals surface area contributed by atoms with E-state index in [2.05, 4.69) is 17.4 Å². The van der Waals surface area contributed by atoms with E-state index in [0.29, 0.717) is 42.2 Å². The van der Waals surface area contributed by atoms with Gasteiger partial charge in [0.2, 0.25) is 17.6 Å². The molecule has 0 bridgehead atoms. The highest BCUT2D eigenvalue weighted by atomic mass is 16.5. The smallest absolute Gasteiger partial charge is 0.246 e. The summed E-state index contributed by atoms with van der Waals surface area (Å²) in [5, 5.41) is 3.09. The van der Waals surface area contributed by atoms with Gasteiger partial charge in [0, 0.05) is 30.8 Å². The maximum Gasteiger partial charge on any atom is 0.246 e. The van der Waals surface area contributed by atoms with Crippen LogP contribution in [0.5, 0.6) is 17.2 Å². The zero-order valence-corrected chi connectivity index (χ0v) is 21.9. The van der Waals surface area contributed by atoms with Gasteiger partial charge in [-0.2, -0.15) is 0 Å². The highest BCUT2D eigenvalue weighted by molar-refractivity contribution is 5.94. The number of likely N-dealkylation sites (tertiary alicyclic amines) is 1. The van der Waals surface area contributed by atoms with Crippen LogP contribution in [0.3, 0.4) is 0 Å². The summed E-state index contributed by atoms with van der Waals surface area (Å²) in [4.78, 5) is 27.2. The fourth-order valence-corrected chi connectivity index (χ4v) is 5.54. The minimum absolute atomic E-state index is 0.00478. The molecule has 3 aliphatic rings. The monoisotopic (exact) mass is 504 g/mol. The zero-order chi connectivity index (χ0) is 25.9. The maximum atomic E-state index is 12.8. The first kappa shape index (κ1) is 25.2. The summed E-state index contributed by atoms with van der Waals surface area (Å²) in [5.41, 5.74) is 2.94. The molecule has 0 radical (unpaired) electrons. The van der Waals surface area contributed by atoms with Crippen LogP contribution < -0.4 is 19.5 Å². The van der Waals surface area contributed by atoms with Crippen LogP contribution in [0.25, 0.3) is 6.08 Å². The number of hydrogen-bond donors (Lipinski definition) is 1. The highest BCUT2D eigenvalue weighted by Crippen LogP contribution is 2.54. The lowest BCUT2D eigenvalue weighted by molar-refractivity contribution is -0.127. The zero-order valence-electron chi connectivity index (χ0n) is 21.9. The molecule has 1 saturated heterocycles. The summed E-state index contributed by atoms with van der Waals surface area (Å²) in [6, 6.07) is 11.9. The van der Waals surface area contributed by atoms with Gasteiger partial charge in [0.25, 0.3) is 0 Å². The molecule has 1 heterocycles. The van der Waals surface area contributed by atoms with Gasteiger partial charge in [0.15, 0.2) is 11.5 Å². The quantitative estimate of drug-likeness (QED) is 0.480. The lowest BCUT2D eigenvalue weighted by atomic mass is 9.89. The Balaban J connectivity index is 1.12. The Labute approximate surface area is 218 Å². The SMILES string of the molecule is COc1cc(/C=C/C(=O)N2CCC(c3ccc(NC(=O)C4CC4C4CC4)cc3)CC2)cc(OC)c1OC. The van der Waals surface area contributed by atoms with Crippen LogP contribution in [0.4, 0.5) is 5.69 Å². The average molecular weight is 505 g/mol. The Kier molecular flexibility index (Phi) is 7.40. The molecule has 0 aromatic heterocycles. The normalized spacial score (nSPS) is 21.5. The van der Waals surface area contributed by atoms with E-state index in [1.165, 1.54) is 18.4 Å². The molecule has 2 unspecified atom stereocenters. The van der Waals surface area contributed by atoms with Crippen molar-refractivity contribution in [1.29, 1.82) is 0 Å². The first-order valence-electron chi connectivity index (χ1n) is 13.2. The molecule has 2 aromatic carbocycles. The molecular weight excluding hydrogens is 468 g/mol. The maximum absolute atomic E-state index is 12.8. The van der Waals surface area contributed by atoms with Gasteiger partial charge in [-0.3, -0.25) is 9.59 Å². The summed E-state index contributed by atoms with van der Waals surface area (Å²) < 4.78 is 16.2. The first-order chi connectivity index (χ1) is 18.0. The third kappa shape index (κ3) is 5.76. The van der Waals surface area contributed by atoms with E-state index in [9.17, 15) is 9.59 Å². The van der Waals surface area contributed by atoms with Crippen molar-refractivity contribution in [2.75, 3.05) is 39.7 Å². The molecule has 196 valence electrons. The van der Waals surface area contributed by atoms with E-state index in [4.69, 9.17) is 14.2 Å². The number of nitrogens with zero attached hydrogens (tertiary/aromatic N) is 1. The molecule has 5 rings (SSSR count). The second-order valence-corrected chi connectivity index (χ2v) is 10.3. The number of methoxy groups -OCH3 is 3. The Morgan fingerprint density at radius 1 is 0.919 bits per heavy atom. The van der Waals surface area contributed by atoms with Gasteiger partial charge >= 0.3 is 0 Å². The molecular formula is C30H36N2O5. The van der Waals surface area contributed by atoms with Gasteiger partial charge in [-0.05, 0) is 91.3 Å². The molecule has 2 saturated carbocycles. The van der Waals surface area contributed by atoms with Crippen molar-refractivity contribution in [3.05, 3.63) is 53.6 Å². The Morgan fingerprint density at radius 2 is 1.57 bits per heavy atom. The van der Waals surface area contributed by atoms with Crippen LogP contribution in [-0.2, 0) is 9.59 Å². The molecule has 7 nitrogen and oxygen atoms in total. The number of piperidine rings is 1. The molecule has 2 aromatic rings. The molecule has 2 amide bonds. The van der Waals surface area contributed by atoms with Gasteiger partial charge in [0.1, 0.15) is 0 Å². The molecule has 37 heavy (non-hydrogen) atoms. The average Bonchev–Trinajstić information content (AvgIpc) is 3.84. The third-order valence-corrected chi connectivity index (χ3v) is 7.97. The third-order valence-electron chi connectivity index (χ3n) is 7.97. The number of carbonyl (C=O) groups is 2. The fraction of sp³-hybridized carbons (Fsp3) is 0.467. The van der Waals surface area contributed by atoms with Crippen molar-refractivity contribution in [1.82, 2.24) is 4.90 Å². The van der Waals surface area contributed by atoms with Crippen molar-refractivity contribution in [2.24, 2.45) is 17.8 Å². The van der Waals surface area contributed by atoms with E-state index in [1.54, 1.807) is 33.5 Å². The van der Waals surface area contributed by atoms with E-state index >= 15 is 0 Å². The van der Waals surface area contributed by atoms with Crippen molar-refractivity contribution < 1.29 is 23.8 Å². The number of nitrogens with one attached hydrogen (secondary N) is 1. The number of ether oxygens (including phenoxy) is 3. The first-order valence-corrected chi connectivity index (χ1v) is 13.2. The number of amides is 2. The summed E-state index contributed by atoms with van der Waals surface area (Å²) in [5.74, 6) is 3.87. The Bertz CT molecular complexity index is 1140. The Hall–Kier alpha value is -3.48. The second kappa shape index (κ2) is 10.9. The molecule has 7 heteroatoms. The molecule has 2 atom stereocenters. The molecule has 1 aliphatic heterocycles. The topological polar surface area (TPSA) is 77.1 Å². The van der Waals surface area contributed by atoms with Crippen molar-refractivity contribution in [2.45, 2.75) is 38.0 Å². The van der Waals surface area contributed by atoms with Crippen molar-refractivity contribution >= 4 is 23.6 Å². The summed E-state index contributed by atoms with van der Waals surface area (Å²) in [6.45, 7) is 1.43. The predicted molar refractivity (Wildman–Crippen MR) is 143 cm³/mol. The number of rotatable bonds is 9. The van der Waals surface area contributed by atoms with Crippen LogP contribution in [0, 0.1) is 17.8 Å². The van der Waals surface area contributed by atoms with Gasteiger partial charge in [-0.25, -0.2) is 0 Å². The van der Waals surface area contributed by atoms with Crippen LogP contribution in [0.1, 0.15) is 49.1 Å². The minimum atomic E-state index is -0.00478. The predicted octanol–water partition coefficient (Wildman–Crippen LogP) is 5.12. The molecule has 2 aliphatic carbocycles. The summed E-state index contributed by atoms with van der Waals surface area (Å²) >= 11 is 0. The van der Waals surface area contributed by atoms with Crippen molar-refractivity contribution in [3.8, 4) is 17.2 Å². The lowest BCUT2D eigenvalue weighted by Crippen LogP contribution is -2.36. The molecule has 0 spiro atoms. The number of benzene rings is 2. The number of hydrogen-bond acceptors (Lipinski definition) is 5.